The third-order valence-corrected chi connectivity index (χ3v) is 4.93. The number of esters is 1. The molecule has 28 heavy (non-hydrogen) atoms. The smallest absolute Gasteiger partial charge is 0.348 e. The van der Waals surface area contributed by atoms with E-state index >= 15 is 0 Å². The van der Waals surface area contributed by atoms with Gasteiger partial charge < -0.3 is 23.4 Å². The van der Waals surface area contributed by atoms with E-state index in [1.807, 2.05) is 6.07 Å². The maximum absolute atomic E-state index is 12.8. The highest BCUT2D eigenvalue weighted by Crippen LogP contribution is 2.46. The molecule has 2 aromatic carbocycles. The standard InChI is InChI=1S/C21H16O7/c1-2-24-21(23)19-16(11-7-8-14-15(9-11)26-10-25-14)17-18(28-19)12-5-3-4-6-13(12)27-20(17)22/h3-9,16,19H,2,10H2,1H3. The minimum atomic E-state index is -0.996. The quantitative estimate of drug-likeness (QED) is 0.510. The lowest BCUT2D eigenvalue weighted by molar-refractivity contribution is -0.151. The highest BCUT2D eigenvalue weighted by atomic mass is 16.7. The van der Waals surface area contributed by atoms with Crippen LogP contribution in [0.3, 0.4) is 0 Å². The maximum Gasteiger partial charge on any atom is 0.348 e. The zero-order chi connectivity index (χ0) is 19.3. The fourth-order valence-electron chi connectivity index (χ4n) is 3.73. The van der Waals surface area contributed by atoms with Crippen LogP contribution in [-0.2, 0) is 9.53 Å². The molecule has 0 radical (unpaired) electrons. The molecule has 7 nitrogen and oxygen atoms in total. The molecule has 2 aliphatic heterocycles. The number of para-hydroxylation sites is 1. The molecule has 1 aromatic heterocycles. The van der Waals surface area contributed by atoms with E-state index in [4.69, 9.17) is 23.4 Å². The summed E-state index contributed by atoms with van der Waals surface area (Å²) in [6.45, 7) is 2.06. The van der Waals surface area contributed by atoms with Crippen molar-refractivity contribution in [3.05, 3.63) is 64.0 Å². The topological polar surface area (TPSA) is 84.2 Å². The van der Waals surface area contributed by atoms with E-state index in [2.05, 4.69) is 0 Å². The molecular formula is C21H16O7. The van der Waals surface area contributed by atoms with Crippen LogP contribution in [0.1, 0.15) is 24.0 Å². The molecule has 7 heteroatoms. The second-order valence-electron chi connectivity index (χ2n) is 6.51. The van der Waals surface area contributed by atoms with Crippen LogP contribution < -0.4 is 19.8 Å². The Balaban J connectivity index is 1.72. The van der Waals surface area contributed by atoms with Crippen molar-refractivity contribution in [2.24, 2.45) is 0 Å². The van der Waals surface area contributed by atoms with E-state index in [1.165, 1.54) is 0 Å². The summed E-state index contributed by atoms with van der Waals surface area (Å²) in [6.07, 6.45) is -0.996. The van der Waals surface area contributed by atoms with Crippen LogP contribution in [0.4, 0.5) is 0 Å². The van der Waals surface area contributed by atoms with Crippen LogP contribution in [0, 0.1) is 0 Å². The van der Waals surface area contributed by atoms with Crippen LogP contribution in [0.5, 0.6) is 17.2 Å². The Hall–Kier alpha value is -3.48. The van der Waals surface area contributed by atoms with Gasteiger partial charge in [0.25, 0.3) is 0 Å². The molecule has 0 fully saturated rings. The molecule has 0 amide bonds. The summed E-state index contributed by atoms with van der Waals surface area (Å²) in [5, 5.41) is 0.634. The molecule has 5 rings (SSSR count). The summed E-state index contributed by atoms with van der Waals surface area (Å²) >= 11 is 0. The zero-order valence-corrected chi connectivity index (χ0v) is 15.0. The first-order chi connectivity index (χ1) is 13.7. The van der Waals surface area contributed by atoms with Crippen molar-refractivity contribution in [1.29, 1.82) is 0 Å². The van der Waals surface area contributed by atoms with Gasteiger partial charge in [0.2, 0.25) is 12.9 Å². The van der Waals surface area contributed by atoms with Crippen molar-refractivity contribution in [3.8, 4) is 17.2 Å². The summed E-state index contributed by atoms with van der Waals surface area (Å²) in [7, 11) is 0. The fourth-order valence-corrected chi connectivity index (χ4v) is 3.73. The highest BCUT2D eigenvalue weighted by Gasteiger charge is 2.45. The predicted molar refractivity (Wildman–Crippen MR) is 97.9 cm³/mol. The number of carbonyl (C=O) groups is 1. The van der Waals surface area contributed by atoms with Crippen LogP contribution in [0.15, 0.2) is 51.7 Å². The van der Waals surface area contributed by atoms with Gasteiger partial charge in [0.15, 0.2) is 11.5 Å². The van der Waals surface area contributed by atoms with Crippen molar-refractivity contribution in [2.75, 3.05) is 13.4 Å². The van der Waals surface area contributed by atoms with E-state index < -0.39 is 23.6 Å². The number of benzene rings is 2. The maximum atomic E-state index is 12.8. The normalized spacial score (nSPS) is 19.3. The Morgan fingerprint density at radius 1 is 1.14 bits per heavy atom. The highest BCUT2D eigenvalue weighted by molar-refractivity contribution is 5.88. The van der Waals surface area contributed by atoms with Gasteiger partial charge in [-0.25, -0.2) is 9.59 Å². The molecule has 0 saturated carbocycles. The Morgan fingerprint density at radius 3 is 2.82 bits per heavy atom. The summed E-state index contributed by atoms with van der Waals surface area (Å²) in [6, 6.07) is 12.4. The Kier molecular flexibility index (Phi) is 3.75. The monoisotopic (exact) mass is 380 g/mol. The van der Waals surface area contributed by atoms with Gasteiger partial charge in [-0.1, -0.05) is 18.2 Å². The van der Waals surface area contributed by atoms with Crippen molar-refractivity contribution < 1.29 is 28.2 Å². The Bertz CT molecular complexity index is 1150. The lowest BCUT2D eigenvalue weighted by Gasteiger charge is -2.17. The van der Waals surface area contributed by atoms with Crippen molar-refractivity contribution in [2.45, 2.75) is 18.9 Å². The summed E-state index contributed by atoms with van der Waals surface area (Å²) < 4.78 is 27.5. The average Bonchev–Trinajstić information content (AvgIpc) is 3.33. The number of carbonyl (C=O) groups excluding carboxylic acids is 1. The van der Waals surface area contributed by atoms with Gasteiger partial charge in [-0.15, -0.1) is 0 Å². The molecule has 0 N–H and O–H groups in total. The largest absolute Gasteiger partial charge is 0.476 e. The molecule has 2 atom stereocenters. The Morgan fingerprint density at radius 2 is 1.96 bits per heavy atom. The molecule has 2 aliphatic rings. The van der Waals surface area contributed by atoms with Gasteiger partial charge in [0.05, 0.1) is 23.5 Å². The molecular weight excluding hydrogens is 364 g/mol. The average molecular weight is 380 g/mol. The van der Waals surface area contributed by atoms with Gasteiger partial charge >= 0.3 is 11.6 Å². The third-order valence-electron chi connectivity index (χ3n) is 4.93. The predicted octanol–water partition coefficient (Wildman–Crippen LogP) is 2.98. The molecule has 3 aromatic rings. The van der Waals surface area contributed by atoms with Crippen LogP contribution >= 0.6 is 0 Å². The van der Waals surface area contributed by atoms with Crippen LogP contribution in [0.2, 0.25) is 0 Å². The number of hydrogen-bond donors (Lipinski definition) is 0. The first-order valence-electron chi connectivity index (χ1n) is 8.96. The molecule has 0 spiro atoms. The second kappa shape index (κ2) is 6.30. The fraction of sp³-hybridized carbons (Fsp3) is 0.238. The van der Waals surface area contributed by atoms with E-state index in [-0.39, 0.29) is 13.4 Å². The molecule has 0 saturated heterocycles. The van der Waals surface area contributed by atoms with Gasteiger partial charge in [0, 0.05) is 0 Å². The Labute approximate surface area is 159 Å². The lowest BCUT2D eigenvalue weighted by atomic mass is 9.88. The number of ether oxygens (including phenoxy) is 4. The van der Waals surface area contributed by atoms with E-state index in [1.54, 1.807) is 43.3 Å². The number of hydrogen-bond acceptors (Lipinski definition) is 7. The summed E-state index contributed by atoms with van der Waals surface area (Å²) in [4.78, 5) is 25.5. The van der Waals surface area contributed by atoms with Gasteiger partial charge in [0.1, 0.15) is 11.3 Å². The van der Waals surface area contributed by atoms with E-state index in [0.717, 1.165) is 0 Å². The van der Waals surface area contributed by atoms with Gasteiger partial charge in [-0.2, -0.15) is 0 Å². The minimum absolute atomic E-state index is 0.130. The molecule has 0 aliphatic carbocycles. The van der Waals surface area contributed by atoms with Gasteiger partial charge in [-0.3, -0.25) is 0 Å². The molecule has 142 valence electrons. The van der Waals surface area contributed by atoms with Crippen LogP contribution in [-0.4, -0.2) is 25.5 Å². The molecule has 3 heterocycles. The number of rotatable bonds is 3. The first-order valence-corrected chi connectivity index (χ1v) is 8.96. The lowest BCUT2D eigenvalue weighted by Crippen LogP contribution is -2.32. The van der Waals surface area contributed by atoms with Crippen molar-refractivity contribution in [3.63, 3.8) is 0 Å². The zero-order valence-electron chi connectivity index (χ0n) is 15.0. The van der Waals surface area contributed by atoms with Crippen molar-refractivity contribution in [1.82, 2.24) is 0 Å². The van der Waals surface area contributed by atoms with Crippen molar-refractivity contribution >= 4 is 16.9 Å². The van der Waals surface area contributed by atoms with E-state index in [9.17, 15) is 9.59 Å². The first kappa shape index (κ1) is 16.7. The minimum Gasteiger partial charge on any atom is -0.476 e. The number of fused-ring (bicyclic) bond motifs is 4. The SMILES string of the molecule is CCOC(=O)C1Oc2c(c(=O)oc3ccccc23)C1c1ccc2c(c1)OCO2. The van der Waals surface area contributed by atoms with E-state index in [0.29, 0.717) is 39.3 Å². The summed E-state index contributed by atoms with van der Waals surface area (Å²) in [5.41, 5.74) is 0.850. The molecule has 0 bridgehead atoms. The van der Waals surface area contributed by atoms with Crippen LogP contribution in [0.25, 0.3) is 11.0 Å². The third kappa shape index (κ3) is 2.43. The second-order valence-corrected chi connectivity index (χ2v) is 6.51. The molecule has 2 unspecified atom stereocenters. The van der Waals surface area contributed by atoms with Gasteiger partial charge in [-0.05, 0) is 36.8 Å². The summed E-state index contributed by atoms with van der Waals surface area (Å²) in [5.74, 6) is 0.307.